The van der Waals surface area contributed by atoms with Crippen LogP contribution in [0.2, 0.25) is 0 Å². The van der Waals surface area contributed by atoms with Crippen LogP contribution in [-0.4, -0.2) is 37.4 Å². The van der Waals surface area contributed by atoms with Gasteiger partial charge >= 0.3 is 5.97 Å². The minimum absolute atomic E-state index is 0.0130. The molecule has 0 bridgehead atoms. The van der Waals surface area contributed by atoms with Gasteiger partial charge in [-0.1, -0.05) is 12.1 Å². The van der Waals surface area contributed by atoms with Crippen LogP contribution in [0.3, 0.4) is 0 Å². The fourth-order valence-electron chi connectivity index (χ4n) is 2.13. The second-order valence-corrected chi connectivity index (χ2v) is 4.92. The number of ether oxygens (including phenoxy) is 3. The fraction of sp³-hybridized carbons (Fsp3) is 0.222. The van der Waals surface area contributed by atoms with Crippen molar-refractivity contribution in [3.8, 4) is 11.5 Å². The zero-order valence-corrected chi connectivity index (χ0v) is 13.7. The topological polar surface area (TPSA) is 82.1 Å². The first-order valence-electron chi connectivity index (χ1n) is 7.44. The Labute approximate surface area is 143 Å². The van der Waals surface area contributed by atoms with E-state index in [1.165, 1.54) is 43.5 Å². The van der Waals surface area contributed by atoms with Crippen molar-refractivity contribution in [2.75, 3.05) is 20.5 Å². The Morgan fingerprint density at radius 1 is 1.04 bits per heavy atom. The third-order valence-electron chi connectivity index (χ3n) is 3.41. The Bertz CT molecular complexity index is 770. The number of rotatable bonds is 8. The molecule has 0 radical (unpaired) electrons. The number of carbonyl (C=O) groups is 2. The standard InChI is InChI=1S/C18H17FO6/c1-3-24-10-25-13-8-9-14(23-2)16(19)15(13)17(20)11-4-6-12(7-5-11)18(21)22/h4-9H,3,10H2,1-2H3,(H,21,22). The molecule has 0 aliphatic carbocycles. The van der Waals surface area contributed by atoms with Crippen LogP contribution in [0.1, 0.15) is 33.2 Å². The molecule has 0 aliphatic rings. The molecule has 0 fully saturated rings. The van der Waals surface area contributed by atoms with Crippen LogP contribution in [0.15, 0.2) is 36.4 Å². The van der Waals surface area contributed by atoms with Gasteiger partial charge < -0.3 is 19.3 Å². The normalized spacial score (nSPS) is 10.4. The van der Waals surface area contributed by atoms with Crippen LogP contribution in [0, 0.1) is 5.82 Å². The first-order valence-corrected chi connectivity index (χ1v) is 7.44. The second-order valence-electron chi connectivity index (χ2n) is 4.92. The Morgan fingerprint density at radius 3 is 2.20 bits per heavy atom. The van der Waals surface area contributed by atoms with E-state index in [1.807, 2.05) is 0 Å². The number of carbonyl (C=O) groups excluding carboxylic acids is 1. The van der Waals surface area contributed by atoms with E-state index in [9.17, 15) is 14.0 Å². The number of hydrogen-bond donors (Lipinski definition) is 1. The molecule has 0 atom stereocenters. The zero-order chi connectivity index (χ0) is 18.4. The van der Waals surface area contributed by atoms with E-state index < -0.39 is 17.6 Å². The molecule has 25 heavy (non-hydrogen) atoms. The molecule has 6 nitrogen and oxygen atoms in total. The van der Waals surface area contributed by atoms with E-state index in [0.29, 0.717) is 6.61 Å². The average Bonchev–Trinajstić information content (AvgIpc) is 2.62. The van der Waals surface area contributed by atoms with Gasteiger partial charge in [-0.25, -0.2) is 9.18 Å². The lowest BCUT2D eigenvalue weighted by Gasteiger charge is -2.13. The van der Waals surface area contributed by atoms with Gasteiger partial charge in [0.2, 0.25) is 0 Å². The van der Waals surface area contributed by atoms with Gasteiger partial charge in [0.15, 0.2) is 24.1 Å². The SMILES string of the molecule is CCOCOc1ccc(OC)c(F)c1C(=O)c1ccc(C(=O)O)cc1. The van der Waals surface area contributed by atoms with Crippen molar-refractivity contribution < 1.29 is 33.3 Å². The summed E-state index contributed by atoms with van der Waals surface area (Å²) < 4.78 is 29.9. The van der Waals surface area contributed by atoms with Gasteiger partial charge in [-0.05, 0) is 31.2 Å². The largest absolute Gasteiger partial charge is 0.494 e. The van der Waals surface area contributed by atoms with Crippen LogP contribution < -0.4 is 9.47 Å². The van der Waals surface area contributed by atoms with E-state index in [2.05, 4.69) is 0 Å². The maximum atomic E-state index is 14.6. The molecular weight excluding hydrogens is 331 g/mol. The molecule has 0 amide bonds. The van der Waals surface area contributed by atoms with Crippen LogP contribution in [0.4, 0.5) is 4.39 Å². The molecule has 0 unspecified atom stereocenters. The highest BCUT2D eigenvalue weighted by Crippen LogP contribution is 2.31. The zero-order valence-electron chi connectivity index (χ0n) is 13.7. The minimum atomic E-state index is -1.12. The average molecular weight is 348 g/mol. The third kappa shape index (κ3) is 4.13. The summed E-state index contributed by atoms with van der Waals surface area (Å²) in [5.41, 5.74) is -0.156. The van der Waals surface area contributed by atoms with Crippen LogP contribution in [-0.2, 0) is 4.74 Å². The van der Waals surface area contributed by atoms with Crippen molar-refractivity contribution >= 4 is 11.8 Å². The van der Waals surface area contributed by atoms with Crippen molar-refractivity contribution in [3.63, 3.8) is 0 Å². The molecular formula is C18H17FO6. The lowest BCUT2D eigenvalue weighted by Crippen LogP contribution is -2.11. The summed E-state index contributed by atoms with van der Waals surface area (Å²) in [5.74, 6) is -2.72. The molecule has 0 saturated carbocycles. The van der Waals surface area contributed by atoms with E-state index in [4.69, 9.17) is 19.3 Å². The Morgan fingerprint density at radius 2 is 1.64 bits per heavy atom. The maximum absolute atomic E-state index is 14.6. The Kier molecular flexibility index (Phi) is 6.08. The third-order valence-corrected chi connectivity index (χ3v) is 3.41. The van der Waals surface area contributed by atoms with E-state index in [1.54, 1.807) is 6.92 Å². The monoisotopic (exact) mass is 348 g/mol. The van der Waals surface area contributed by atoms with Crippen molar-refractivity contribution in [2.45, 2.75) is 6.92 Å². The lowest BCUT2D eigenvalue weighted by molar-refractivity contribution is 0.0217. The van der Waals surface area contributed by atoms with E-state index in [-0.39, 0.29) is 35.0 Å². The van der Waals surface area contributed by atoms with Gasteiger partial charge in [0.1, 0.15) is 11.3 Å². The first-order chi connectivity index (χ1) is 12.0. The molecule has 132 valence electrons. The molecule has 2 rings (SSSR count). The van der Waals surface area contributed by atoms with Gasteiger partial charge in [-0.2, -0.15) is 0 Å². The number of halogens is 1. The molecule has 0 spiro atoms. The quantitative estimate of drug-likeness (QED) is 0.448. The van der Waals surface area contributed by atoms with Gasteiger partial charge in [-0.15, -0.1) is 0 Å². The number of carboxylic acids is 1. The van der Waals surface area contributed by atoms with Gasteiger partial charge in [0, 0.05) is 12.2 Å². The molecule has 2 aromatic carbocycles. The highest BCUT2D eigenvalue weighted by atomic mass is 19.1. The molecule has 0 saturated heterocycles. The number of hydrogen-bond acceptors (Lipinski definition) is 5. The van der Waals surface area contributed by atoms with Gasteiger partial charge in [0.25, 0.3) is 0 Å². The highest BCUT2D eigenvalue weighted by molar-refractivity contribution is 6.11. The summed E-state index contributed by atoms with van der Waals surface area (Å²) >= 11 is 0. The van der Waals surface area contributed by atoms with Gasteiger partial charge in [0.05, 0.1) is 12.7 Å². The smallest absolute Gasteiger partial charge is 0.335 e. The fourth-order valence-corrected chi connectivity index (χ4v) is 2.13. The number of methoxy groups -OCH3 is 1. The summed E-state index contributed by atoms with van der Waals surface area (Å²) in [6.07, 6.45) is 0. The van der Waals surface area contributed by atoms with Crippen LogP contribution >= 0.6 is 0 Å². The summed E-state index contributed by atoms with van der Waals surface area (Å²) in [4.78, 5) is 23.6. The van der Waals surface area contributed by atoms with Crippen molar-refractivity contribution in [2.24, 2.45) is 0 Å². The number of ketones is 1. The summed E-state index contributed by atoms with van der Waals surface area (Å²) in [6, 6.07) is 7.94. The molecule has 1 N–H and O–H groups in total. The Balaban J connectivity index is 2.43. The Hall–Kier alpha value is -2.93. The minimum Gasteiger partial charge on any atom is -0.494 e. The van der Waals surface area contributed by atoms with Crippen molar-refractivity contribution in [1.29, 1.82) is 0 Å². The lowest BCUT2D eigenvalue weighted by atomic mass is 10.00. The first kappa shape index (κ1) is 18.4. The van der Waals surface area contributed by atoms with Crippen LogP contribution in [0.5, 0.6) is 11.5 Å². The molecule has 0 heterocycles. The molecule has 2 aromatic rings. The van der Waals surface area contributed by atoms with E-state index in [0.717, 1.165) is 0 Å². The molecule has 7 heteroatoms. The van der Waals surface area contributed by atoms with Crippen molar-refractivity contribution in [3.05, 3.63) is 58.9 Å². The highest BCUT2D eigenvalue weighted by Gasteiger charge is 2.23. The van der Waals surface area contributed by atoms with Crippen molar-refractivity contribution in [1.82, 2.24) is 0 Å². The predicted molar refractivity (Wildman–Crippen MR) is 86.9 cm³/mol. The summed E-state index contributed by atoms with van der Waals surface area (Å²) in [6.45, 7) is 2.03. The predicted octanol–water partition coefficient (Wildman–Crippen LogP) is 3.14. The maximum Gasteiger partial charge on any atom is 0.335 e. The summed E-state index contributed by atoms with van der Waals surface area (Å²) in [5, 5.41) is 8.91. The van der Waals surface area contributed by atoms with E-state index >= 15 is 0 Å². The number of benzene rings is 2. The molecule has 0 aliphatic heterocycles. The van der Waals surface area contributed by atoms with Gasteiger partial charge in [-0.3, -0.25) is 4.79 Å². The van der Waals surface area contributed by atoms with Crippen LogP contribution in [0.25, 0.3) is 0 Å². The second kappa shape index (κ2) is 8.25. The molecule has 0 aromatic heterocycles. The number of carboxylic acid groups (broad SMARTS) is 1. The summed E-state index contributed by atoms with van der Waals surface area (Å²) in [7, 11) is 1.29. The number of aromatic carboxylic acids is 1.